The number of aliphatic hydroxyl groups is 1. The third-order valence-corrected chi connectivity index (χ3v) is 5.34. The maximum Gasteiger partial charge on any atom is 0.234 e. The predicted molar refractivity (Wildman–Crippen MR) is 104 cm³/mol. The molecule has 0 unspecified atom stereocenters. The maximum atomic E-state index is 12.7. The number of hydrogen-bond acceptors (Lipinski definition) is 5. The molecule has 27 heavy (non-hydrogen) atoms. The number of aliphatic hydroxyl groups excluding tert-OH is 1. The van der Waals surface area contributed by atoms with Gasteiger partial charge in [0, 0.05) is 19.6 Å². The number of hydrogen-bond donors (Lipinski definition) is 2. The Balaban J connectivity index is 1.65. The molecular weight excluding hydrogens is 344 g/mol. The van der Waals surface area contributed by atoms with E-state index in [4.69, 9.17) is 9.47 Å². The average Bonchev–Trinajstić information content (AvgIpc) is 2.90. The molecule has 0 bridgehead atoms. The van der Waals surface area contributed by atoms with Crippen molar-refractivity contribution >= 4 is 5.91 Å². The standard InChI is InChI=1S/C21H32N2O4/c1-15(2)21(17-6-7-18-19(11-17)27-10-4-9-26-18)22-20(25)13-23-8-3-5-16(12-23)14-24/h6-7,11,15-16,21,24H,3-5,8-10,12-14H2,1-2H3,(H,22,25)/t16-,21-/m1/s1. The number of benzene rings is 1. The summed E-state index contributed by atoms with van der Waals surface area (Å²) < 4.78 is 11.5. The van der Waals surface area contributed by atoms with Crippen molar-refractivity contribution in [3.05, 3.63) is 23.8 Å². The lowest BCUT2D eigenvalue weighted by Gasteiger charge is -2.32. The van der Waals surface area contributed by atoms with Gasteiger partial charge < -0.3 is 19.9 Å². The second-order valence-corrected chi connectivity index (χ2v) is 7.97. The largest absolute Gasteiger partial charge is 0.490 e. The number of nitrogens with one attached hydrogen (secondary N) is 1. The van der Waals surface area contributed by atoms with E-state index in [-0.39, 0.29) is 30.4 Å². The van der Waals surface area contributed by atoms with Gasteiger partial charge in [-0.1, -0.05) is 19.9 Å². The highest BCUT2D eigenvalue weighted by Crippen LogP contribution is 2.34. The van der Waals surface area contributed by atoms with Crippen LogP contribution in [0.25, 0.3) is 0 Å². The SMILES string of the molecule is CC(C)[C@@H](NC(=O)CN1CCC[C@@H](CO)C1)c1ccc2c(c1)OCCCO2. The lowest BCUT2D eigenvalue weighted by Crippen LogP contribution is -2.44. The number of nitrogens with zero attached hydrogens (tertiary/aromatic N) is 1. The van der Waals surface area contributed by atoms with E-state index in [1.54, 1.807) is 0 Å². The average molecular weight is 376 g/mol. The van der Waals surface area contributed by atoms with Crippen LogP contribution in [0.1, 0.15) is 44.7 Å². The Morgan fingerprint density at radius 3 is 2.78 bits per heavy atom. The molecule has 2 aliphatic heterocycles. The summed E-state index contributed by atoms with van der Waals surface area (Å²) in [4.78, 5) is 14.8. The van der Waals surface area contributed by atoms with Crippen LogP contribution in [0.3, 0.4) is 0 Å². The molecule has 150 valence electrons. The molecule has 2 atom stereocenters. The first-order chi connectivity index (χ1) is 13.1. The van der Waals surface area contributed by atoms with E-state index in [1.807, 2.05) is 18.2 Å². The van der Waals surface area contributed by atoms with Crippen LogP contribution in [0.15, 0.2) is 18.2 Å². The molecule has 2 heterocycles. The van der Waals surface area contributed by atoms with Gasteiger partial charge in [-0.25, -0.2) is 0 Å². The molecule has 1 fully saturated rings. The molecular formula is C21H32N2O4. The molecule has 1 saturated heterocycles. The third-order valence-electron chi connectivity index (χ3n) is 5.34. The Kier molecular flexibility index (Phi) is 6.96. The van der Waals surface area contributed by atoms with Crippen molar-refractivity contribution < 1.29 is 19.4 Å². The monoisotopic (exact) mass is 376 g/mol. The summed E-state index contributed by atoms with van der Waals surface area (Å²) in [5.41, 5.74) is 1.04. The topological polar surface area (TPSA) is 71.0 Å². The van der Waals surface area contributed by atoms with Gasteiger partial charge in [-0.3, -0.25) is 9.69 Å². The van der Waals surface area contributed by atoms with E-state index < -0.39 is 0 Å². The summed E-state index contributed by atoms with van der Waals surface area (Å²) >= 11 is 0. The van der Waals surface area contributed by atoms with Gasteiger partial charge in [-0.15, -0.1) is 0 Å². The van der Waals surface area contributed by atoms with E-state index in [9.17, 15) is 9.90 Å². The van der Waals surface area contributed by atoms with Crippen LogP contribution >= 0.6 is 0 Å². The summed E-state index contributed by atoms with van der Waals surface area (Å²) in [6.07, 6.45) is 2.95. The molecule has 6 nitrogen and oxygen atoms in total. The normalized spacial score (nSPS) is 21.6. The number of likely N-dealkylation sites (tertiary alicyclic amines) is 1. The van der Waals surface area contributed by atoms with Crippen molar-refractivity contribution in [2.75, 3.05) is 39.5 Å². The Morgan fingerprint density at radius 1 is 1.26 bits per heavy atom. The summed E-state index contributed by atoms with van der Waals surface area (Å²) in [5, 5.41) is 12.6. The lowest BCUT2D eigenvalue weighted by atomic mass is 9.95. The minimum atomic E-state index is -0.0758. The molecule has 1 amide bonds. The van der Waals surface area contributed by atoms with Crippen LogP contribution in [-0.2, 0) is 4.79 Å². The Bertz CT molecular complexity index is 635. The van der Waals surface area contributed by atoms with Crippen LogP contribution < -0.4 is 14.8 Å². The Labute approximate surface area is 161 Å². The van der Waals surface area contributed by atoms with Gasteiger partial charge in [0.2, 0.25) is 5.91 Å². The first-order valence-corrected chi connectivity index (χ1v) is 10.1. The summed E-state index contributed by atoms with van der Waals surface area (Å²) in [6.45, 7) is 7.82. The molecule has 0 spiro atoms. The van der Waals surface area contributed by atoms with Crippen LogP contribution in [0.5, 0.6) is 11.5 Å². The molecule has 1 aromatic rings. The van der Waals surface area contributed by atoms with E-state index in [0.717, 1.165) is 49.4 Å². The number of fused-ring (bicyclic) bond motifs is 1. The first-order valence-electron chi connectivity index (χ1n) is 10.1. The lowest BCUT2D eigenvalue weighted by molar-refractivity contribution is -0.123. The highest BCUT2D eigenvalue weighted by molar-refractivity contribution is 5.78. The number of carbonyl (C=O) groups is 1. The van der Waals surface area contributed by atoms with Crippen LogP contribution in [-0.4, -0.2) is 55.4 Å². The molecule has 0 saturated carbocycles. The zero-order valence-electron chi connectivity index (χ0n) is 16.4. The number of amides is 1. The molecule has 3 rings (SSSR count). The van der Waals surface area contributed by atoms with Gasteiger partial charge >= 0.3 is 0 Å². The quantitative estimate of drug-likeness (QED) is 0.798. The Morgan fingerprint density at radius 2 is 2.04 bits per heavy atom. The highest BCUT2D eigenvalue weighted by Gasteiger charge is 2.24. The highest BCUT2D eigenvalue weighted by atomic mass is 16.5. The smallest absolute Gasteiger partial charge is 0.234 e. The fourth-order valence-electron chi connectivity index (χ4n) is 3.87. The van der Waals surface area contributed by atoms with E-state index in [1.165, 1.54) is 0 Å². The number of piperidine rings is 1. The van der Waals surface area contributed by atoms with Gasteiger partial charge in [0.05, 0.1) is 25.8 Å². The second kappa shape index (κ2) is 9.42. The molecule has 2 aliphatic rings. The summed E-state index contributed by atoms with van der Waals surface area (Å²) in [7, 11) is 0. The van der Waals surface area contributed by atoms with Gasteiger partial charge in [-0.2, -0.15) is 0 Å². The number of ether oxygens (including phenoxy) is 2. The number of carbonyl (C=O) groups excluding carboxylic acids is 1. The molecule has 2 N–H and O–H groups in total. The maximum absolute atomic E-state index is 12.7. The van der Waals surface area contributed by atoms with Gasteiger partial charge in [0.1, 0.15) is 0 Å². The summed E-state index contributed by atoms with van der Waals surface area (Å²) in [5.74, 6) is 2.10. The van der Waals surface area contributed by atoms with Crippen molar-refractivity contribution in [2.24, 2.45) is 11.8 Å². The van der Waals surface area contributed by atoms with Crippen molar-refractivity contribution in [3.63, 3.8) is 0 Å². The zero-order valence-corrected chi connectivity index (χ0v) is 16.4. The minimum absolute atomic E-state index is 0.0272. The van der Waals surface area contributed by atoms with E-state index in [0.29, 0.717) is 19.8 Å². The van der Waals surface area contributed by atoms with Crippen LogP contribution in [0, 0.1) is 11.8 Å². The van der Waals surface area contributed by atoms with Gasteiger partial charge in [0.15, 0.2) is 11.5 Å². The van der Waals surface area contributed by atoms with E-state index >= 15 is 0 Å². The third kappa shape index (κ3) is 5.36. The molecule has 1 aromatic carbocycles. The second-order valence-electron chi connectivity index (χ2n) is 7.97. The van der Waals surface area contributed by atoms with Gasteiger partial charge in [0.25, 0.3) is 0 Å². The zero-order chi connectivity index (χ0) is 19.2. The predicted octanol–water partition coefficient (Wildman–Crippen LogP) is 2.37. The fraction of sp³-hybridized carbons (Fsp3) is 0.667. The van der Waals surface area contributed by atoms with Crippen molar-refractivity contribution in [1.29, 1.82) is 0 Å². The number of rotatable bonds is 6. The molecule has 0 aromatic heterocycles. The molecule has 6 heteroatoms. The summed E-state index contributed by atoms with van der Waals surface area (Å²) in [6, 6.07) is 5.87. The van der Waals surface area contributed by atoms with Gasteiger partial charge in [-0.05, 0) is 48.9 Å². The van der Waals surface area contributed by atoms with Crippen molar-refractivity contribution in [2.45, 2.75) is 39.2 Å². The van der Waals surface area contributed by atoms with Crippen molar-refractivity contribution in [1.82, 2.24) is 10.2 Å². The van der Waals surface area contributed by atoms with Crippen molar-refractivity contribution in [3.8, 4) is 11.5 Å². The van der Waals surface area contributed by atoms with Crippen LogP contribution in [0.4, 0.5) is 0 Å². The molecule has 0 aliphatic carbocycles. The van der Waals surface area contributed by atoms with Crippen LogP contribution in [0.2, 0.25) is 0 Å². The Hall–Kier alpha value is -1.79. The first kappa shape index (κ1) is 20.0. The fourth-order valence-corrected chi connectivity index (χ4v) is 3.87. The molecule has 0 radical (unpaired) electrons. The minimum Gasteiger partial charge on any atom is -0.490 e. The van der Waals surface area contributed by atoms with E-state index in [2.05, 4.69) is 24.1 Å².